The lowest BCUT2D eigenvalue weighted by Crippen LogP contribution is -2.39. The van der Waals surface area contributed by atoms with Crippen LogP contribution in [0.1, 0.15) is 25.5 Å². The van der Waals surface area contributed by atoms with E-state index >= 15 is 0 Å². The van der Waals surface area contributed by atoms with Crippen LogP contribution >= 0.6 is 11.6 Å². The number of aliphatic hydroxyl groups is 1. The molecule has 0 aromatic heterocycles. The first-order valence-corrected chi connectivity index (χ1v) is 4.61. The number of rotatable bonds is 2. The molecule has 0 aliphatic heterocycles. The first-order valence-electron chi connectivity index (χ1n) is 4.23. The maximum atomic E-state index is 12.9. The summed E-state index contributed by atoms with van der Waals surface area (Å²) in [7, 11) is 0. The van der Waals surface area contributed by atoms with Crippen molar-refractivity contribution < 1.29 is 9.50 Å². The van der Waals surface area contributed by atoms with E-state index in [1.807, 2.05) is 0 Å². The van der Waals surface area contributed by atoms with E-state index in [0.717, 1.165) is 0 Å². The SMILES string of the molecule is CC(C)(N)C(O)c1cc(F)cc(Cl)c1. The number of aliphatic hydroxyl groups excluding tert-OH is 1. The third-order valence-corrected chi connectivity index (χ3v) is 2.12. The first-order chi connectivity index (χ1) is 6.30. The quantitative estimate of drug-likeness (QED) is 0.798. The zero-order chi connectivity index (χ0) is 10.9. The predicted molar refractivity (Wildman–Crippen MR) is 54.6 cm³/mol. The fourth-order valence-electron chi connectivity index (χ4n) is 1.16. The van der Waals surface area contributed by atoms with Gasteiger partial charge < -0.3 is 10.8 Å². The highest BCUT2D eigenvalue weighted by Crippen LogP contribution is 2.26. The molecule has 1 rings (SSSR count). The van der Waals surface area contributed by atoms with Crippen molar-refractivity contribution in [2.24, 2.45) is 5.73 Å². The molecule has 78 valence electrons. The van der Waals surface area contributed by atoms with Gasteiger partial charge in [-0.3, -0.25) is 0 Å². The number of hydrogen-bond acceptors (Lipinski definition) is 2. The summed E-state index contributed by atoms with van der Waals surface area (Å²) in [5, 5.41) is 10.0. The van der Waals surface area contributed by atoms with Crippen molar-refractivity contribution in [2.45, 2.75) is 25.5 Å². The molecule has 0 radical (unpaired) electrons. The Morgan fingerprint density at radius 2 is 2.00 bits per heavy atom. The lowest BCUT2D eigenvalue weighted by molar-refractivity contribution is 0.104. The molecule has 0 aliphatic rings. The van der Waals surface area contributed by atoms with Crippen molar-refractivity contribution in [3.05, 3.63) is 34.6 Å². The highest BCUT2D eigenvalue weighted by molar-refractivity contribution is 6.30. The van der Waals surface area contributed by atoms with E-state index in [0.29, 0.717) is 5.56 Å². The van der Waals surface area contributed by atoms with E-state index in [-0.39, 0.29) is 5.02 Å². The third-order valence-electron chi connectivity index (χ3n) is 1.91. The van der Waals surface area contributed by atoms with Crippen molar-refractivity contribution in [3.8, 4) is 0 Å². The molecule has 1 aromatic carbocycles. The average molecular weight is 218 g/mol. The molecule has 0 fully saturated rings. The Morgan fingerprint density at radius 1 is 1.43 bits per heavy atom. The molecule has 0 aliphatic carbocycles. The fourth-order valence-corrected chi connectivity index (χ4v) is 1.39. The number of halogens is 2. The molecule has 0 spiro atoms. The molecule has 0 amide bonds. The van der Waals surface area contributed by atoms with Crippen molar-refractivity contribution in [2.75, 3.05) is 0 Å². The van der Waals surface area contributed by atoms with Crippen LogP contribution in [-0.4, -0.2) is 10.6 Å². The summed E-state index contributed by atoms with van der Waals surface area (Å²) in [6.07, 6.45) is -0.935. The summed E-state index contributed by atoms with van der Waals surface area (Å²) in [6.45, 7) is 3.33. The number of nitrogens with two attached hydrogens (primary N) is 1. The van der Waals surface area contributed by atoms with E-state index in [4.69, 9.17) is 17.3 Å². The molecule has 4 heteroatoms. The van der Waals surface area contributed by atoms with Gasteiger partial charge in [0.2, 0.25) is 0 Å². The molecule has 1 unspecified atom stereocenters. The van der Waals surface area contributed by atoms with Crippen molar-refractivity contribution in [1.29, 1.82) is 0 Å². The normalized spacial score (nSPS) is 14.1. The summed E-state index contributed by atoms with van der Waals surface area (Å²) < 4.78 is 12.9. The van der Waals surface area contributed by atoms with Gasteiger partial charge in [0.15, 0.2) is 0 Å². The van der Waals surface area contributed by atoms with Gasteiger partial charge in [0.1, 0.15) is 5.82 Å². The zero-order valence-corrected chi connectivity index (χ0v) is 8.85. The minimum absolute atomic E-state index is 0.253. The topological polar surface area (TPSA) is 46.2 Å². The van der Waals surface area contributed by atoms with Crippen LogP contribution in [0.2, 0.25) is 5.02 Å². The monoisotopic (exact) mass is 217 g/mol. The summed E-state index contributed by atoms with van der Waals surface area (Å²) in [5.41, 5.74) is 5.26. The molecule has 0 saturated carbocycles. The van der Waals surface area contributed by atoms with Gasteiger partial charge in [-0.25, -0.2) is 4.39 Å². The maximum Gasteiger partial charge on any atom is 0.125 e. The van der Waals surface area contributed by atoms with Crippen LogP contribution in [0.25, 0.3) is 0 Å². The van der Waals surface area contributed by atoms with Gasteiger partial charge in [-0.2, -0.15) is 0 Å². The van der Waals surface area contributed by atoms with E-state index in [9.17, 15) is 9.50 Å². The summed E-state index contributed by atoms with van der Waals surface area (Å²) in [5.74, 6) is -0.476. The minimum Gasteiger partial charge on any atom is -0.387 e. The van der Waals surface area contributed by atoms with Gasteiger partial charge in [-0.05, 0) is 37.6 Å². The average Bonchev–Trinajstić information content (AvgIpc) is 1.99. The highest BCUT2D eigenvalue weighted by atomic mass is 35.5. The predicted octanol–water partition coefficient (Wildman–Crippen LogP) is 2.25. The minimum atomic E-state index is -0.935. The van der Waals surface area contributed by atoms with E-state index in [2.05, 4.69) is 0 Å². The largest absolute Gasteiger partial charge is 0.387 e. The second-order valence-electron chi connectivity index (χ2n) is 3.93. The Hall–Kier alpha value is -0.640. The number of benzene rings is 1. The summed E-state index contributed by atoms with van der Waals surface area (Å²) in [4.78, 5) is 0. The van der Waals surface area contributed by atoms with Gasteiger partial charge >= 0.3 is 0 Å². The molecule has 0 heterocycles. The standard InChI is InChI=1S/C10H13ClFNO/c1-10(2,13)9(14)6-3-7(11)5-8(12)4-6/h3-5,9,14H,13H2,1-2H3. The third kappa shape index (κ3) is 2.67. The van der Waals surface area contributed by atoms with E-state index in [1.165, 1.54) is 18.2 Å². The smallest absolute Gasteiger partial charge is 0.125 e. The highest BCUT2D eigenvalue weighted by Gasteiger charge is 2.24. The molecule has 3 N–H and O–H groups in total. The van der Waals surface area contributed by atoms with Crippen LogP contribution in [0.5, 0.6) is 0 Å². The Labute approximate surface area is 87.5 Å². The number of hydrogen-bond donors (Lipinski definition) is 2. The van der Waals surface area contributed by atoms with Gasteiger partial charge in [-0.15, -0.1) is 0 Å². The molecular formula is C10H13ClFNO. The molecule has 0 saturated heterocycles. The summed E-state index contributed by atoms with van der Waals surface area (Å²) in [6, 6.07) is 3.91. The summed E-state index contributed by atoms with van der Waals surface area (Å²) >= 11 is 5.65. The van der Waals surface area contributed by atoms with E-state index in [1.54, 1.807) is 13.8 Å². The van der Waals surface area contributed by atoms with Crippen LogP contribution in [0, 0.1) is 5.82 Å². The molecule has 0 bridgehead atoms. The van der Waals surface area contributed by atoms with Crippen LogP contribution < -0.4 is 5.73 Å². The van der Waals surface area contributed by atoms with Crippen molar-refractivity contribution in [1.82, 2.24) is 0 Å². The zero-order valence-electron chi connectivity index (χ0n) is 8.09. The molecular weight excluding hydrogens is 205 g/mol. The van der Waals surface area contributed by atoms with Crippen molar-refractivity contribution >= 4 is 11.6 Å². The van der Waals surface area contributed by atoms with Gasteiger partial charge in [0.25, 0.3) is 0 Å². The lowest BCUT2D eigenvalue weighted by Gasteiger charge is -2.26. The van der Waals surface area contributed by atoms with Crippen LogP contribution in [-0.2, 0) is 0 Å². The first kappa shape index (κ1) is 11.4. The Balaban J connectivity index is 3.07. The van der Waals surface area contributed by atoms with Crippen LogP contribution in [0.4, 0.5) is 4.39 Å². The Kier molecular flexibility index (Phi) is 3.14. The van der Waals surface area contributed by atoms with Gasteiger partial charge in [0.05, 0.1) is 6.10 Å². The van der Waals surface area contributed by atoms with Crippen LogP contribution in [0.15, 0.2) is 18.2 Å². The van der Waals surface area contributed by atoms with E-state index < -0.39 is 17.5 Å². The second kappa shape index (κ2) is 3.85. The second-order valence-corrected chi connectivity index (χ2v) is 4.36. The van der Waals surface area contributed by atoms with Crippen molar-refractivity contribution in [3.63, 3.8) is 0 Å². The molecule has 2 nitrogen and oxygen atoms in total. The Morgan fingerprint density at radius 3 is 2.43 bits per heavy atom. The molecule has 1 aromatic rings. The maximum absolute atomic E-state index is 12.9. The van der Waals surface area contributed by atoms with Crippen LogP contribution in [0.3, 0.4) is 0 Å². The molecule has 14 heavy (non-hydrogen) atoms. The molecule has 1 atom stereocenters. The fraction of sp³-hybridized carbons (Fsp3) is 0.400. The Bertz CT molecular complexity index is 315. The lowest BCUT2D eigenvalue weighted by atomic mass is 9.92. The van der Waals surface area contributed by atoms with Gasteiger partial charge in [-0.1, -0.05) is 11.6 Å². The van der Waals surface area contributed by atoms with Gasteiger partial charge in [0, 0.05) is 10.6 Å².